The zero-order chi connectivity index (χ0) is 12.1. The van der Waals surface area contributed by atoms with Crippen LogP contribution < -0.4 is 10.5 Å². The second kappa shape index (κ2) is 5.72. The molecule has 1 atom stereocenters. The summed E-state index contributed by atoms with van der Waals surface area (Å²) >= 11 is 0. The van der Waals surface area contributed by atoms with Crippen LogP contribution in [0.5, 0.6) is 5.75 Å². The predicted octanol–water partition coefficient (Wildman–Crippen LogP) is 1.09. The molecule has 0 aromatic heterocycles. The first-order valence-electron chi connectivity index (χ1n) is 5.32. The number of ether oxygens (including phenoxy) is 1. The number of anilines is 1. The summed E-state index contributed by atoms with van der Waals surface area (Å²) in [6.45, 7) is 2.82. The lowest BCUT2D eigenvalue weighted by Gasteiger charge is -2.23. The second-order valence-corrected chi connectivity index (χ2v) is 4.02. The Morgan fingerprint density at radius 2 is 2.19 bits per heavy atom. The number of rotatable bonds is 5. The molecule has 0 fully saturated rings. The van der Waals surface area contributed by atoms with Gasteiger partial charge in [0.1, 0.15) is 5.75 Å². The van der Waals surface area contributed by atoms with Crippen molar-refractivity contribution in [2.75, 3.05) is 26.5 Å². The molecule has 0 bridgehead atoms. The second-order valence-electron chi connectivity index (χ2n) is 4.02. The zero-order valence-electron chi connectivity index (χ0n) is 10.1. The van der Waals surface area contributed by atoms with E-state index in [-0.39, 0.29) is 12.6 Å². The summed E-state index contributed by atoms with van der Waals surface area (Å²) < 4.78 is 5.27. The molecule has 4 heteroatoms. The Morgan fingerprint density at radius 3 is 2.75 bits per heavy atom. The van der Waals surface area contributed by atoms with E-state index in [1.54, 1.807) is 7.11 Å². The first-order chi connectivity index (χ1) is 7.58. The molecule has 0 aliphatic carbocycles. The topological polar surface area (TPSA) is 58.7 Å². The molecule has 1 aromatic rings. The highest BCUT2D eigenvalue weighted by Gasteiger charge is 2.11. The van der Waals surface area contributed by atoms with E-state index in [4.69, 9.17) is 15.6 Å². The number of likely N-dealkylation sites (N-methyl/N-ethyl adjacent to an activating group) is 1. The van der Waals surface area contributed by atoms with Crippen molar-refractivity contribution in [2.45, 2.75) is 19.5 Å². The first-order valence-corrected chi connectivity index (χ1v) is 5.32. The van der Waals surface area contributed by atoms with Crippen molar-refractivity contribution in [3.8, 4) is 5.75 Å². The molecule has 4 nitrogen and oxygen atoms in total. The number of nitrogens with two attached hydrogens (primary N) is 1. The van der Waals surface area contributed by atoms with Gasteiger partial charge in [0.15, 0.2) is 0 Å². The molecule has 0 saturated heterocycles. The van der Waals surface area contributed by atoms with Crippen LogP contribution >= 0.6 is 0 Å². The van der Waals surface area contributed by atoms with E-state index < -0.39 is 0 Å². The van der Waals surface area contributed by atoms with Gasteiger partial charge in [-0.1, -0.05) is 0 Å². The summed E-state index contributed by atoms with van der Waals surface area (Å²) in [5.41, 5.74) is 7.50. The third-order valence-electron chi connectivity index (χ3n) is 2.74. The Balaban J connectivity index is 2.82. The molecule has 0 saturated carbocycles. The van der Waals surface area contributed by atoms with Crippen molar-refractivity contribution >= 4 is 5.69 Å². The Morgan fingerprint density at radius 1 is 1.50 bits per heavy atom. The zero-order valence-corrected chi connectivity index (χ0v) is 10.1. The van der Waals surface area contributed by atoms with E-state index in [9.17, 15) is 0 Å². The molecule has 16 heavy (non-hydrogen) atoms. The van der Waals surface area contributed by atoms with Gasteiger partial charge in [0.2, 0.25) is 0 Å². The fraction of sp³-hybridized carbons (Fsp3) is 0.500. The fourth-order valence-electron chi connectivity index (χ4n) is 1.49. The van der Waals surface area contributed by atoms with Crippen LogP contribution in [-0.4, -0.2) is 36.8 Å². The monoisotopic (exact) mass is 224 g/mol. The lowest BCUT2D eigenvalue weighted by Crippen LogP contribution is -2.31. The van der Waals surface area contributed by atoms with Gasteiger partial charge in [-0.25, -0.2) is 0 Å². The molecular weight excluding hydrogens is 204 g/mol. The van der Waals surface area contributed by atoms with Gasteiger partial charge >= 0.3 is 0 Å². The average molecular weight is 224 g/mol. The molecular formula is C12H20N2O2. The number of methoxy groups -OCH3 is 1. The third-order valence-corrected chi connectivity index (χ3v) is 2.74. The van der Waals surface area contributed by atoms with Gasteiger partial charge in [0.05, 0.1) is 13.7 Å². The molecule has 90 valence electrons. The standard InChI is InChI=1S/C12H20N2O2/c1-9(8-15)14(2)7-10-6-11(13)4-5-12(10)16-3/h4-6,9,15H,7-8,13H2,1-3H3. The molecule has 0 amide bonds. The van der Waals surface area contributed by atoms with Crippen LogP contribution in [0.25, 0.3) is 0 Å². The van der Waals surface area contributed by atoms with Crippen molar-refractivity contribution < 1.29 is 9.84 Å². The van der Waals surface area contributed by atoms with E-state index in [1.165, 1.54) is 0 Å². The molecule has 0 radical (unpaired) electrons. The third kappa shape index (κ3) is 3.12. The number of hydrogen-bond donors (Lipinski definition) is 2. The van der Waals surface area contributed by atoms with Gasteiger partial charge in [0.25, 0.3) is 0 Å². The minimum atomic E-state index is 0.117. The van der Waals surface area contributed by atoms with E-state index in [0.29, 0.717) is 6.54 Å². The van der Waals surface area contributed by atoms with E-state index >= 15 is 0 Å². The number of hydrogen-bond acceptors (Lipinski definition) is 4. The van der Waals surface area contributed by atoms with Crippen LogP contribution in [0.4, 0.5) is 5.69 Å². The molecule has 0 aliphatic heterocycles. The summed E-state index contributed by atoms with van der Waals surface area (Å²) in [6, 6.07) is 5.70. The molecule has 0 heterocycles. The normalized spacial score (nSPS) is 12.8. The van der Waals surface area contributed by atoms with Crippen molar-refractivity contribution in [1.29, 1.82) is 0 Å². The Kier molecular flexibility index (Phi) is 4.58. The molecule has 0 spiro atoms. The Labute approximate surface area is 96.6 Å². The predicted molar refractivity (Wildman–Crippen MR) is 65.4 cm³/mol. The number of aliphatic hydroxyl groups excluding tert-OH is 1. The summed E-state index contributed by atoms with van der Waals surface area (Å²) in [6.07, 6.45) is 0. The highest BCUT2D eigenvalue weighted by Crippen LogP contribution is 2.22. The smallest absolute Gasteiger partial charge is 0.123 e. The Bertz CT molecular complexity index is 342. The quantitative estimate of drug-likeness (QED) is 0.735. The number of aliphatic hydroxyl groups is 1. The van der Waals surface area contributed by atoms with Crippen LogP contribution in [0.1, 0.15) is 12.5 Å². The van der Waals surface area contributed by atoms with E-state index in [1.807, 2.05) is 32.2 Å². The Hall–Kier alpha value is -1.26. The van der Waals surface area contributed by atoms with Crippen molar-refractivity contribution in [2.24, 2.45) is 0 Å². The van der Waals surface area contributed by atoms with Gasteiger partial charge in [-0.2, -0.15) is 0 Å². The molecule has 1 rings (SSSR count). The number of benzene rings is 1. The summed E-state index contributed by atoms with van der Waals surface area (Å²) in [5, 5.41) is 9.07. The molecule has 1 unspecified atom stereocenters. The highest BCUT2D eigenvalue weighted by molar-refractivity contribution is 5.47. The van der Waals surface area contributed by atoms with Crippen molar-refractivity contribution in [1.82, 2.24) is 4.90 Å². The van der Waals surface area contributed by atoms with Gasteiger partial charge in [0, 0.05) is 23.8 Å². The van der Waals surface area contributed by atoms with Crippen molar-refractivity contribution in [3.05, 3.63) is 23.8 Å². The van der Waals surface area contributed by atoms with Gasteiger partial charge in [-0.05, 0) is 32.2 Å². The fourth-order valence-corrected chi connectivity index (χ4v) is 1.49. The van der Waals surface area contributed by atoms with E-state index in [2.05, 4.69) is 4.90 Å². The van der Waals surface area contributed by atoms with Crippen LogP contribution in [-0.2, 0) is 6.54 Å². The first kappa shape index (κ1) is 12.8. The number of nitrogen functional groups attached to an aromatic ring is 1. The van der Waals surface area contributed by atoms with E-state index in [0.717, 1.165) is 17.0 Å². The lowest BCUT2D eigenvalue weighted by molar-refractivity contribution is 0.153. The largest absolute Gasteiger partial charge is 0.496 e. The molecule has 3 N–H and O–H groups in total. The lowest BCUT2D eigenvalue weighted by atomic mass is 10.1. The highest BCUT2D eigenvalue weighted by atomic mass is 16.5. The van der Waals surface area contributed by atoms with Crippen LogP contribution in [0.2, 0.25) is 0 Å². The van der Waals surface area contributed by atoms with Crippen LogP contribution in [0.15, 0.2) is 18.2 Å². The minimum absolute atomic E-state index is 0.117. The summed E-state index contributed by atoms with van der Waals surface area (Å²) in [4.78, 5) is 2.05. The van der Waals surface area contributed by atoms with Crippen molar-refractivity contribution in [3.63, 3.8) is 0 Å². The minimum Gasteiger partial charge on any atom is -0.496 e. The molecule has 0 aliphatic rings. The molecule has 1 aromatic carbocycles. The maximum Gasteiger partial charge on any atom is 0.123 e. The maximum absolute atomic E-state index is 9.07. The average Bonchev–Trinajstić information content (AvgIpc) is 2.28. The SMILES string of the molecule is COc1ccc(N)cc1CN(C)C(C)CO. The van der Waals surface area contributed by atoms with Gasteiger partial charge in [-0.3, -0.25) is 4.90 Å². The number of nitrogens with zero attached hydrogens (tertiary/aromatic N) is 1. The maximum atomic E-state index is 9.07. The van der Waals surface area contributed by atoms with Gasteiger partial charge in [-0.15, -0.1) is 0 Å². The summed E-state index contributed by atoms with van der Waals surface area (Å²) in [5.74, 6) is 0.825. The summed E-state index contributed by atoms with van der Waals surface area (Å²) in [7, 11) is 3.61. The van der Waals surface area contributed by atoms with Crippen LogP contribution in [0, 0.1) is 0 Å². The van der Waals surface area contributed by atoms with Crippen LogP contribution in [0.3, 0.4) is 0 Å². The van der Waals surface area contributed by atoms with Gasteiger partial charge < -0.3 is 15.6 Å².